The van der Waals surface area contributed by atoms with Crippen LogP contribution >= 0.6 is 0 Å². The molecule has 2 nitrogen and oxygen atoms in total. The fourth-order valence-corrected chi connectivity index (χ4v) is 3.54. The van der Waals surface area contributed by atoms with Crippen molar-refractivity contribution in [2.45, 2.75) is 117 Å². The lowest BCUT2D eigenvalue weighted by Gasteiger charge is -2.29. The minimum atomic E-state index is 1.22. The van der Waals surface area contributed by atoms with E-state index >= 15 is 0 Å². The molecule has 0 heterocycles. The molecule has 0 saturated heterocycles. The number of hydrogen-bond donors (Lipinski definition) is 0. The zero-order valence-electron chi connectivity index (χ0n) is 18.8. The summed E-state index contributed by atoms with van der Waals surface area (Å²) in [6.45, 7) is 10.9. The minimum Gasteiger partial charge on any atom is -0.248 e. The van der Waals surface area contributed by atoms with E-state index in [4.69, 9.17) is 0 Å². The fourth-order valence-electron chi connectivity index (χ4n) is 3.54. The quantitative estimate of drug-likeness (QED) is 0.124. The van der Waals surface area contributed by atoms with Gasteiger partial charge in [-0.1, -0.05) is 89.5 Å². The van der Waals surface area contributed by atoms with Crippen LogP contribution in [0.4, 0.5) is 0 Å². The smallest absolute Gasteiger partial charge is 0.0133 e. The predicted octanol–water partition coefficient (Wildman–Crippen LogP) is 7.60. The maximum atomic E-state index is 3.98. The third-order valence-corrected chi connectivity index (χ3v) is 5.36. The molecule has 0 aliphatic carbocycles. The van der Waals surface area contributed by atoms with Crippen LogP contribution in [0.3, 0.4) is 0 Å². The molecule has 0 atom stereocenters. The van der Waals surface area contributed by atoms with Crippen molar-refractivity contribution in [1.29, 1.82) is 0 Å². The van der Waals surface area contributed by atoms with Crippen molar-refractivity contribution in [2.75, 3.05) is 27.2 Å². The summed E-state index contributed by atoms with van der Waals surface area (Å²) in [6, 6.07) is 0. The van der Waals surface area contributed by atoms with E-state index in [9.17, 15) is 0 Å². The Labute approximate surface area is 166 Å². The largest absolute Gasteiger partial charge is 0.248 e. The SMILES string of the molecule is C=C(C)CCCCCCCCCN(CCCCCCCCCC)N(C)C. The van der Waals surface area contributed by atoms with Crippen molar-refractivity contribution in [2.24, 2.45) is 0 Å². The van der Waals surface area contributed by atoms with E-state index in [1.165, 1.54) is 121 Å². The molecular weight excluding hydrogens is 316 g/mol. The molecule has 0 aliphatic rings. The van der Waals surface area contributed by atoms with Crippen molar-refractivity contribution < 1.29 is 0 Å². The summed E-state index contributed by atoms with van der Waals surface area (Å²) >= 11 is 0. The Morgan fingerprint density at radius 2 is 1.00 bits per heavy atom. The summed E-state index contributed by atoms with van der Waals surface area (Å²) in [5.41, 5.74) is 1.34. The van der Waals surface area contributed by atoms with E-state index in [0.717, 1.165) is 0 Å². The number of hydrogen-bond acceptors (Lipinski definition) is 2. The highest BCUT2D eigenvalue weighted by Crippen LogP contribution is 2.12. The van der Waals surface area contributed by atoms with Crippen molar-refractivity contribution in [3.63, 3.8) is 0 Å². The van der Waals surface area contributed by atoms with Crippen LogP contribution in [0.2, 0.25) is 0 Å². The first-order chi connectivity index (χ1) is 12.6. The normalized spacial score (nSPS) is 11.6. The Hall–Kier alpha value is -0.340. The molecule has 0 radical (unpaired) electrons. The molecule has 0 N–H and O–H groups in total. The van der Waals surface area contributed by atoms with Gasteiger partial charge in [0.25, 0.3) is 0 Å². The number of unbranched alkanes of at least 4 members (excludes halogenated alkanes) is 13. The average molecular weight is 367 g/mol. The molecule has 0 spiro atoms. The van der Waals surface area contributed by atoms with Gasteiger partial charge in [0.05, 0.1) is 0 Å². The van der Waals surface area contributed by atoms with E-state index in [0.29, 0.717) is 0 Å². The van der Waals surface area contributed by atoms with Crippen LogP contribution in [0.5, 0.6) is 0 Å². The molecule has 0 aromatic rings. The van der Waals surface area contributed by atoms with Crippen molar-refractivity contribution in [3.8, 4) is 0 Å². The lowest BCUT2D eigenvalue weighted by Crippen LogP contribution is -2.38. The van der Waals surface area contributed by atoms with E-state index in [1.807, 2.05) is 0 Å². The van der Waals surface area contributed by atoms with Crippen LogP contribution in [-0.4, -0.2) is 37.2 Å². The number of allylic oxidation sites excluding steroid dienone is 1. The molecule has 0 fully saturated rings. The van der Waals surface area contributed by atoms with Gasteiger partial charge in [-0.3, -0.25) is 0 Å². The molecule has 0 aromatic carbocycles. The highest BCUT2D eigenvalue weighted by molar-refractivity contribution is 4.86. The lowest BCUT2D eigenvalue weighted by molar-refractivity contribution is 0.0216. The Morgan fingerprint density at radius 1 is 0.615 bits per heavy atom. The number of rotatable bonds is 20. The second-order valence-corrected chi connectivity index (χ2v) is 8.46. The highest BCUT2D eigenvalue weighted by Gasteiger charge is 2.06. The van der Waals surface area contributed by atoms with Gasteiger partial charge in [0, 0.05) is 27.2 Å². The van der Waals surface area contributed by atoms with Crippen LogP contribution in [0.1, 0.15) is 117 Å². The zero-order chi connectivity index (χ0) is 19.5. The van der Waals surface area contributed by atoms with Crippen LogP contribution in [0.25, 0.3) is 0 Å². The molecule has 0 rings (SSSR count). The number of hydrazine groups is 1. The van der Waals surface area contributed by atoms with Crippen molar-refractivity contribution >= 4 is 0 Å². The standard InChI is InChI=1S/C24H50N2/c1-6-7-8-9-10-13-16-19-22-26(25(4)5)23-20-17-14-11-12-15-18-21-24(2)3/h2,6-23H2,1,3-5H3. The molecule has 0 aromatic heterocycles. The number of nitrogens with zero attached hydrogens (tertiary/aromatic N) is 2. The van der Waals surface area contributed by atoms with Crippen LogP contribution in [0.15, 0.2) is 12.2 Å². The summed E-state index contributed by atoms with van der Waals surface area (Å²) in [5.74, 6) is 0. The van der Waals surface area contributed by atoms with Gasteiger partial charge in [-0.05, 0) is 32.6 Å². The van der Waals surface area contributed by atoms with Gasteiger partial charge in [0.1, 0.15) is 0 Å². The molecule has 2 heteroatoms. The molecule has 0 saturated carbocycles. The minimum absolute atomic E-state index is 1.22. The second kappa shape index (κ2) is 19.4. The summed E-state index contributed by atoms with van der Waals surface area (Å²) in [7, 11) is 4.40. The maximum Gasteiger partial charge on any atom is 0.0133 e. The van der Waals surface area contributed by atoms with Crippen LogP contribution in [-0.2, 0) is 0 Å². The Morgan fingerprint density at radius 3 is 1.38 bits per heavy atom. The average Bonchev–Trinajstić information content (AvgIpc) is 2.60. The molecule has 0 amide bonds. The van der Waals surface area contributed by atoms with Crippen molar-refractivity contribution in [1.82, 2.24) is 10.0 Å². The van der Waals surface area contributed by atoms with Gasteiger partial charge in [-0.2, -0.15) is 0 Å². The van der Waals surface area contributed by atoms with E-state index in [1.54, 1.807) is 0 Å². The highest BCUT2D eigenvalue weighted by atomic mass is 15.6. The topological polar surface area (TPSA) is 6.48 Å². The van der Waals surface area contributed by atoms with Gasteiger partial charge in [0.15, 0.2) is 0 Å². The first-order valence-corrected chi connectivity index (χ1v) is 11.6. The summed E-state index contributed by atoms with van der Waals surface area (Å²) in [6.07, 6.45) is 22.2. The Balaban J connectivity index is 3.49. The van der Waals surface area contributed by atoms with Gasteiger partial charge in [0.2, 0.25) is 0 Å². The summed E-state index contributed by atoms with van der Waals surface area (Å²) in [5, 5.41) is 4.85. The Bertz CT molecular complexity index is 299. The van der Waals surface area contributed by atoms with Gasteiger partial charge >= 0.3 is 0 Å². The Kier molecular flexibility index (Phi) is 19.2. The third-order valence-electron chi connectivity index (χ3n) is 5.36. The van der Waals surface area contributed by atoms with Crippen molar-refractivity contribution in [3.05, 3.63) is 12.2 Å². The van der Waals surface area contributed by atoms with Crippen LogP contribution in [0, 0.1) is 0 Å². The van der Waals surface area contributed by atoms with Gasteiger partial charge in [-0.25, -0.2) is 10.0 Å². The second-order valence-electron chi connectivity index (χ2n) is 8.46. The van der Waals surface area contributed by atoms with E-state index < -0.39 is 0 Å². The first kappa shape index (κ1) is 25.7. The van der Waals surface area contributed by atoms with Gasteiger partial charge in [-0.15, -0.1) is 6.58 Å². The molecule has 26 heavy (non-hydrogen) atoms. The predicted molar refractivity (Wildman–Crippen MR) is 120 cm³/mol. The molecule has 156 valence electrons. The molecule has 0 bridgehead atoms. The third kappa shape index (κ3) is 18.5. The lowest BCUT2D eigenvalue weighted by atomic mass is 10.1. The fraction of sp³-hybridized carbons (Fsp3) is 0.917. The van der Waals surface area contributed by atoms with Gasteiger partial charge < -0.3 is 0 Å². The molecule has 0 unspecified atom stereocenters. The first-order valence-electron chi connectivity index (χ1n) is 11.6. The summed E-state index contributed by atoms with van der Waals surface area (Å²) in [4.78, 5) is 0. The van der Waals surface area contributed by atoms with Crippen LogP contribution < -0.4 is 0 Å². The van der Waals surface area contributed by atoms with E-state index in [2.05, 4.69) is 44.5 Å². The molecular formula is C24H50N2. The zero-order valence-corrected chi connectivity index (χ0v) is 18.8. The molecule has 0 aliphatic heterocycles. The summed E-state index contributed by atoms with van der Waals surface area (Å²) < 4.78 is 0. The monoisotopic (exact) mass is 366 g/mol. The maximum absolute atomic E-state index is 3.98. The van der Waals surface area contributed by atoms with E-state index in [-0.39, 0.29) is 0 Å².